The van der Waals surface area contributed by atoms with Gasteiger partial charge in [0.1, 0.15) is 12.5 Å². The number of methoxy groups -OCH3 is 1. The molecule has 5 heteroatoms. The Morgan fingerprint density at radius 1 is 1.40 bits per heavy atom. The van der Waals surface area contributed by atoms with Crippen LogP contribution in [-0.4, -0.2) is 19.2 Å². The molecule has 2 aromatic heterocycles. The maximum atomic E-state index is 11.5. The van der Waals surface area contributed by atoms with Crippen molar-refractivity contribution in [3.63, 3.8) is 0 Å². The summed E-state index contributed by atoms with van der Waals surface area (Å²) < 4.78 is 6.56. The van der Waals surface area contributed by atoms with Gasteiger partial charge in [-0.3, -0.25) is 9.63 Å². The fourth-order valence-corrected chi connectivity index (χ4v) is 1.44. The quantitative estimate of drug-likeness (QED) is 0.699. The van der Waals surface area contributed by atoms with Gasteiger partial charge >= 0.3 is 0 Å². The molecule has 0 aliphatic rings. The van der Waals surface area contributed by atoms with Crippen molar-refractivity contribution in [2.24, 2.45) is 0 Å². The second kappa shape index (κ2) is 3.61. The van der Waals surface area contributed by atoms with Crippen LogP contribution in [0.5, 0.6) is 5.75 Å². The monoisotopic (exact) mass is 207 g/mol. The van der Waals surface area contributed by atoms with Crippen LogP contribution in [-0.2, 0) is 0 Å². The first-order chi connectivity index (χ1) is 7.26. The van der Waals surface area contributed by atoms with Crippen molar-refractivity contribution in [3.05, 3.63) is 34.9 Å². The average Bonchev–Trinajstić information content (AvgIpc) is 2.28. The van der Waals surface area contributed by atoms with E-state index in [1.54, 1.807) is 24.5 Å². The van der Waals surface area contributed by atoms with E-state index < -0.39 is 0 Å². The summed E-state index contributed by atoms with van der Waals surface area (Å²) in [4.78, 5) is 19.2. The summed E-state index contributed by atoms with van der Waals surface area (Å²) in [7, 11) is 3.07. The number of aromatic nitrogens is 2. The molecule has 2 aromatic rings. The summed E-state index contributed by atoms with van der Waals surface area (Å²) in [6, 6.07) is 3.43. The summed E-state index contributed by atoms with van der Waals surface area (Å²) in [5, 5.41) is 0.527. The molecule has 0 bridgehead atoms. The lowest BCUT2D eigenvalue weighted by atomic mass is 10.2. The van der Waals surface area contributed by atoms with Crippen LogP contribution in [0, 0.1) is 0 Å². The maximum Gasteiger partial charge on any atom is 0.271 e. The largest absolute Gasteiger partial charge is 0.491 e. The van der Waals surface area contributed by atoms with Crippen LogP contribution in [0.2, 0.25) is 0 Å². The molecule has 0 aliphatic heterocycles. The van der Waals surface area contributed by atoms with E-state index in [1.807, 2.05) is 0 Å². The smallest absolute Gasteiger partial charge is 0.271 e. The Morgan fingerprint density at radius 3 is 2.87 bits per heavy atom. The summed E-state index contributed by atoms with van der Waals surface area (Å²) in [6.45, 7) is 0. The average molecular weight is 207 g/mol. The van der Waals surface area contributed by atoms with Crippen molar-refractivity contribution in [2.45, 2.75) is 0 Å². The predicted octanol–water partition coefficient (Wildman–Crippen LogP) is -0.117. The Labute approximate surface area is 85.8 Å². The molecule has 0 spiro atoms. The highest BCUT2D eigenvalue weighted by atomic mass is 16.6. The van der Waals surface area contributed by atoms with E-state index in [0.29, 0.717) is 16.7 Å². The summed E-state index contributed by atoms with van der Waals surface area (Å²) in [5.74, 6) is 0.570. The molecule has 2 rings (SSSR count). The number of H-pyrrole nitrogens is 1. The summed E-state index contributed by atoms with van der Waals surface area (Å²) >= 11 is 0. The number of hydrogen-bond donors (Lipinski definition) is 1. The SMILES string of the molecule is COc1cc2c(=O)[nH]ccc2[n+](OC)c1. The molecule has 2 heterocycles. The number of ether oxygens (including phenoxy) is 1. The molecule has 15 heavy (non-hydrogen) atoms. The molecule has 0 saturated carbocycles. The van der Waals surface area contributed by atoms with Crippen molar-refractivity contribution >= 4 is 10.9 Å². The van der Waals surface area contributed by atoms with Crippen molar-refractivity contribution in [1.29, 1.82) is 0 Å². The summed E-state index contributed by atoms with van der Waals surface area (Å²) in [6.07, 6.45) is 3.24. The number of pyridine rings is 2. The zero-order valence-corrected chi connectivity index (χ0v) is 8.48. The normalized spacial score (nSPS) is 10.3. The third kappa shape index (κ3) is 1.52. The minimum absolute atomic E-state index is 0.169. The molecule has 0 aliphatic carbocycles. The predicted molar refractivity (Wildman–Crippen MR) is 53.8 cm³/mol. The molecule has 0 radical (unpaired) electrons. The number of rotatable bonds is 2. The number of nitrogens with zero attached hydrogens (tertiary/aromatic N) is 1. The second-order valence-electron chi connectivity index (χ2n) is 2.99. The lowest BCUT2D eigenvalue weighted by Crippen LogP contribution is -2.41. The van der Waals surface area contributed by atoms with E-state index in [9.17, 15) is 4.79 Å². The van der Waals surface area contributed by atoms with Crippen LogP contribution >= 0.6 is 0 Å². The topological polar surface area (TPSA) is 55.2 Å². The highest BCUT2D eigenvalue weighted by Gasteiger charge is 2.14. The Hall–Kier alpha value is -2.04. The van der Waals surface area contributed by atoms with E-state index in [-0.39, 0.29) is 5.56 Å². The van der Waals surface area contributed by atoms with Crippen LogP contribution in [0.1, 0.15) is 0 Å². The molecule has 0 saturated heterocycles. The van der Waals surface area contributed by atoms with Gasteiger partial charge in [-0.25, -0.2) is 0 Å². The Kier molecular flexibility index (Phi) is 2.29. The van der Waals surface area contributed by atoms with E-state index in [4.69, 9.17) is 9.57 Å². The molecule has 78 valence electrons. The van der Waals surface area contributed by atoms with Gasteiger partial charge in [0.25, 0.3) is 17.3 Å². The Morgan fingerprint density at radius 2 is 2.20 bits per heavy atom. The van der Waals surface area contributed by atoms with Crippen LogP contribution in [0.25, 0.3) is 10.9 Å². The Bertz CT molecular complexity index is 548. The third-order valence-electron chi connectivity index (χ3n) is 2.18. The molecular formula is C10H11N2O3+. The van der Waals surface area contributed by atoms with E-state index >= 15 is 0 Å². The molecule has 0 aromatic carbocycles. The highest BCUT2D eigenvalue weighted by molar-refractivity contribution is 5.75. The first-order valence-corrected chi connectivity index (χ1v) is 4.42. The van der Waals surface area contributed by atoms with E-state index in [1.165, 1.54) is 19.0 Å². The molecule has 1 N–H and O–H groups in total. The van der Waals surface area contributed by atoms with Crippen LogP contribution in [0.15, 0.2) is 29.3 Å². The van der Waals surface area contributed by atoms with E-state index in [0.717, 1.165) is 0 Å². The minimum atomic E-state index is -0.169. The van der Waals surface area contributed by atoms with Gasteiger partial charge in [0.05, 0.1) is 7.11 Å². The highest BCUT2D eigenvalue weighted by Crippen LogP contribution is 2.11. The van der Waals surface area contributed by atoms with Crippen molar-refractivity contribution < 1.29 is 14.3 Å². The fraction of sp³-hybridized carbons (Fsp3) is 0.200. The first-order valence-electron chi connectivity index (χ1n) is 4.42. The Balaban J connectivity index is 2.87. The zero-order valence-electron chi connectivity index (χ0n) is 8.48. The molecule has 5 nitrogen and oxygen atoms in total. The standard InChI is InChI=1S/C10H10N2O3/c1-14-7-5-8-9(12(6-7)15-2)3-4-11-10(8)13/h3-6H,1-2H3/p+1. The zero-order chi connectivity index (χ0) is 10.8. The van der Waals surface area contributed by atoms with Gasteiger partial charge in [-0.2, -0.15) is 0 Å². The van der Waals surface area contributed by atoms with Crippen molar-refractivity contribution in [2.75, 3.05) is 14.2 Å². The second-order valence-corrected chi connectivity index (χ2v) is 2.99. The summed E-state index contributed by atoms with van der Waals surface area (Å²) in [5.41, 5.74) is 0.527. The number of aromatic amines is 1. The lowest BCUT2D eigenvalue weighted by Gasteiger charge is -2.00. The number of fused-ring (bicyclic) bond motifs is 1. The number of hydrogen-bond acceptors (Lipinski definition) is 3. The van der Waals surface area contributed by atoms with Gasteiger partial charge in [0.2, 0.25) is 0 Å². The molecule has 0 unspecified atom stereocenters. The van der Waals surface area contributed by atoms with Gasteiger partial charge in [0, 0.05) is 23.1 Å². The van der Waals surface area contributed by atoms with Gasteiger partial charge in [0.15, 0.2) is 5.75 Å². The van der Waals surface area contributed by atoms with Crippen LogP contribution in [0.4, 0.5) is 0 Å². The molecule has 0 fully saturated rings. The fourth-order valence-electron chi connectivity index (χ4n) is 1.44. The van der Waals surface area contributed by atoms with Gasteiger partial charge in [-0.15, -0.1) is 0 Å². The molecule has 0 atom stereocenters. The van der Waals surface area contributed by atoms with Gasteiger partial charge in [-0.05, 0) is 0 Å². The third-order valence-corrected chi connectivity index (χ3v) is 2.18. The molecule has 0 amide bonds. The molecular weight excluding hydrogens is 196 g/mol. The minimum Gasteiger partial charge on any atom is -0.491 e. The maximum absolute atomic E-state index is 11.5. The van der Waals surface area contributed by atoms with Crippen LogP contribution in [0.3, 0.4) is 0 Å². The lowest BCUT2D eigenvalue weighted by molar-refractivity contribution is -0.865. The van der Waals surface area contributed by atoms with Gasteiger partial charge in [-0.1, -0.05) is 0 Å². The van der Waals surface area contributed by atoms with Crippen molar-refractivity contribution in [3.8, 4) is 5.75 Å². The first kappa shape index (κ1) is 9.51. The van der Waals surface area contributed by atoms with Crippen LogP contribution < -0.4 is 19.9 Å². The van der Waals surface area contributed by atoms with Crippen molar-refractivity contribution in [1.82, 2.24) is 4.98 Å². The number of nitrogens with one attached hydrogen (secondary N) is 1. The van der Waals surface area contributed by atoms with E-state index in [2.05, 4.69) is 4.98 Å². The van der Waals surface area contributed by atoms with Gasteiger partial charge < -0.3 is 9.72 Å².